The maximum absolute atomic E-state index is 5.99. The van der Waals surface area contributed by atoms with E-state index in [1.54, 1.807) is 7.05 Å². The van der Waals surface area contributed by atoms with Crippen molar-refractivity contribution < 1.29 is 0 Å². The lowest BCUT2D eigenvalue weighted by molar-refractivity contribution is 0.588. The number of halogens is 1. The molecule has 1 heterocycles. The van der Waals surface area contributed by atoms with Crippen molar-refractivity contribution in [1.29, 1.82) is 0 Å². The van der Waals surface area contributed by atoms with Gasteiger partial charge in [-0.1, -0.05) is 25.4 Å². The van der Waals surface area contributed by atoms with E-state index in [0.29, 0.717) is 11.1 Å². The molecule has 0 aromatic carbocycles. The summed E-state index contributed by atoms with van der Waals surface area (Å²) in [4.78, 5) is 4.19. The smallest absolute Gasteiger partial charge is 0.144 e. The van der Waals surface area contributed by atoms with Crippen LogP contribution in [0.3, 0.4) is 0 Å². The van der Waals surface area contributed by atoms with Crippen molar-refractivity contribution in [2.45, 2.75) is 26.4 Å². The van der Waals surface area contributed by atoms with Crippen LogP contribution in [0.4, 0.5) is 5.82 Å². The molecule has 1 rings (SSSR count). The van der Waals surface area contributed by atoms with Crippen molar-refractivity contribution in [3.8, 4) is 0 Å². The van der Waals surface area contributed by atoms with Gasteiger partial charge in [-0.3, -0.25) is 0 Å². The molecule has 1 aromatic heterocycles. The zero-order valence-corrected chi connectivity index (χ0v) is 9.52. The molecule has 0 aliphatic carbocycles. The molecule has 0 fully saturated rings. The number of nitrogens with zero attached hydrogens (tertiary/aromatic N) is 1. The summed E-state index contributed by atoms with van der Waals surface area (Å²) in [6, 6.07) is 2.40. The van der Waals surface area contributed by atoms with E-state index in [1.807, 2.05) is 12.3 Å². The van der Waals surface area contributed by atoms with Gasteiger partial charge in [0.25, 0.3) is 0 Å². The Morgan fingerprint density at radius 2 is 2.21 bits per heavy atom. The molecular formula is C10H16ClN3. The van der Waals surface area contributed by atoms with E-state index in [0.717, 1.165) is 17.9 Å². The van der Waals surface area contributed by atoms with E-state index in [4.69, 9.17) is 11.6 Å². The minimum absolute atomic E-state index is 0.470. The molecule has 14 heavy (non-hydrogen) atoms. The number of hydrogen-bond acceptors (Lipinski definition) is 3. The quantitative estimate of drug-likeness (QED) is 0.806. The van der Waals surface area contributed by atoms with E-state index in [-0.39, 0.29) is 0 Å². The average molecular weight is 214 g/mol. The summed E-state index contributed by atoms with van der Waals surface area (Å²) < 4.78 is 0. The minimum Gasteiger partial charge on any atom is -0.372 e. The van der Waals surface area contributed by atoms with Gasteiger partial charge in [0.2, 0.25) is 0 Å². The standard InChI is InChI=1S/C10H16ClN3/c1-7(2)13-5-8-4-9(11)10(12-3)14-6-8/h4,6-7,13H,5H2,1-3H3,(H,12,14). The fraction of sp³-hybridized carbons (Fsp3) is 0.500. The molecule has 0 saturated carbocycles. The lowest BCUT2D eigenvalue weighted by Crippen LogP contribution is -2.21. The molecule has 0 bridgehead atoms. The van der Waals surface area contributed by atoms with E-state index in [2.05, 4.69) is 29.5 Å². The van der Waals surface area contributed by atoms with Crippen LogP contribution in [0.25, 0.3) is 0 Å². The third-order valence-corrected chi connectivity index (χ3v) is 2.14. The van der Waals surface area contributed by atoms with E-state index in [9.17, 15) is 0 Å². The summed E-state index contributed by atoms with van der Waals surface area (Å²) in [5.74, 6) is 0.722. The molecule has 1 aromatic rings. The van der Waals surface area contributed by atoms with Crippen molar-refractivity contribution in [2.75, 3.05) is 12.4 Å². The number of anilines is 1. The zero-order chi connectivity index (χ0) is 10.6. The van der Waals surface area contributed by atoms with Crippen molar-refractivity contribution in [2.24, 2.45) is 0 Å². The van der Waals surface area contributed by atoms with Gasteiger partial charge in [-0.25, -0.2) is 4.98 Å². The summed E-state index contributed by atoms with van der Waals surface area (Å²) in [5.41, 5.74) is 1.10. The first-order valence-electron chi connectivity index (χ1n) is 4.69. The molecule has 0 unspecified atom stereocenters. The second-order valence-corrected chi connectivity index (χ2v) is 3.87. The lowest BCUT2D eigenvalue weighted by atomic mass is 10.2. The predicted octanol–water partition coefficient (Wildman–Crippen LogP) is 2.27. The van der Waals surface area contributed by atoms with Crippen molar-refractivity contribution in [3.63, 3.8) is 0 Å². The number of nitrogens with one attached hydrogen (secondary N) is 2. The Kier molecular flexibility index (Phi) is 4.17. The highest BCUT2D eigenvalue weighted by atomic mass is 35.5. The number of hydrogen-bond donors (Lipinski definition) is 2. The Balaban J connectivity index is 2.66. The molecule has 0 spiro atoms. The molecule has 0 aliphatic rings. The molecule has 0 radical (unpaired) electrons. The van der Waals surface area contributed by atoms with Crippen LogP contribution in [0.2, 0.25) is 5.02 Å². The average Bonchev–Trinajstić information content (AvgIpc) is 2.15. The Labute approximate surface area is 89.9 Å². The van der Waals surface area contributed by atoms with Crippen LogP contribution in [-0.4, -0.2) is 18.1 Å². The van der Waals surface area contributed by atoms with E-state index in [1.165, 1.54) is 0 Å². The summed E-state index contributed by atoms with van der Waals surface area (Å²) in [7, 11) is 1.81. The molecular weight excluding hydrogens is 198 g/mol. The predicted molar refractivity (Wildman–Crippen MR) is 60.8 cm³/mol. The summed E-state index contributed by atoms with van der Waals surface area (Å²) >= 11 is 5.99. The van der Waals surface area contributed by atoms with Gasteiger partial charge >= 0.3 is 0 Å². The summed E-state index contributed by atoms with van der Waals surface area (Å²) in [6.45, 7) is 5.02. The van der Waals surface area contributed by atoms with Gasteiger partial charge in [0.05, 0.1) is 5.02 Å². The number of pyridine rings is 1. The SMILES string of the molecule is CNc1ncc(CNC(C)C)cc1Cl. The highest BCUT2D eigenvalue weighted by Crippen LogP contribution is 2.19. The van der Waals surface area contributed by atoms with E-state index >= 15 is 0 Å². The highest BCUT2D eigenvalue weighted by molar-refractivity contribution is 6.32. The van der Waals surface area contributed by atoms with Gasteiger partial charge in [-0.2, -0.15) is 0 Å². The first kappa shape index (κ1) is 11.3. The number of aromatic nitrogens is 1. The zero-order valence-electron chi connectivity index (χ0n) is 8.76. The second-order valence-electron chi connectivity index (χ2n) is 3.46. The van der Waals surface area contributed by atoms with Crippen LogP contribution < -0.4 is 10.6 Å². The van der Waals surface area contributed by atoms with Crippen LogP contribution in [0, 0.1) is 0 Å². The summed E-state index contributed by atoms with van der Waals surface area (Å²) in [6.07, 6.45) is 1.83. The molecule has 3 nitrogen and oxygen atoms in total. The Hall–Kier alpha value is -0.800. The normalized spacial score (nSPS) is 10.6. The maximum atomic E-state index is 5.99. The third-order valence-electron chi connectivity index (χ3n) is 1.85. The monoisotopic (exact) mass is 213 g/mol. The maximum Gasteiger partial charge on any atom is 0.144 e. The lowest BCUT2D eigenvalue weighted by Gasteiger charge is -2.09. The molecule has 0 saturated heterocycles. The highest BCUT2D eigenvalue weighted by Gasteiger charge is 2.01. The summed E-state index contributed by atoms with van der Waals surface area (Å²) in [5, 5.41) is 6.89. The third kappa shape index (κ3) is 3.16. The van der Waals surface area contributed by atoms with Crippen LogP contribution in [0.15, 0.2) is 12.3 Å². The van der Waals surface area contributed by atoms with Gasteiger partial charge < -0.3 is 10.6 Å². The molecule has 78 valence electrons. The van der Waals surface area contributed by atoms with Crippen LogP contribution in [0.5, 0.6) is 0 Å². The van der Waals surface area contributed by atoms with Crippen LogP contribution in [-0.2, 0) is 6.54 Å². The van der Waals surface area contributed by atoms with Crippen LogP contribution >= 0.6 is 11.6 Å². The van der Waals surface area contributed by atoms with Crippen molar-refractivity contribution >= 4 is 17.4 Å². The minimum atomic E-state index is 0.470. The molecule has 0 aliphatic heterocycles. The van der Waals surface area contributed by atoms with Crippen molar-refractivity contribution in [1.82, 2.24) is 10.3 Å². The van der Waals surface area contributed by atoms with Gasteiger partial charge in [0, 0.05) is 25.8 Å². The van der Waals surface area contributed by atoms with Gasteiger partial charge in [0.1, 0.15) is 5.82 Å². The first-order chi connectivity index (χ1) is 6.63. The Morgan fingerprint density at radius 3 is 2.71 bits per heavy atom. The largest absolute Gasteiger partial charge is 0.372 e. The van der Waals surface area contributed by atoms with E-state index < -0.39 is 0 Å². The fourth-order valence-electron chi connectivity index (χ4n) is 1.08. The molecule has 4 heteroatoms. The molecule has 0 atom stereocenters. The van der Waals surface area contributed by atoms with Gasteiger partial charge in [0.15, 0.2) is 0 Å². The topological polar surface area (TPSA) is 37.0 Å². The fourth-order valence-corrected chi connectivity index (χ4v) is 1.36. The van der Waals surface area contributed by atoms with Gasteiger partial charge in [-0.15, -0.1) is 0 Å². The Morgan fingerprint density at radius 1 is 1.50 bits per heavy atom. The molecule has 0 amide bonds. The first-order valence-corrected chi connectivity index (χ1v) is 5.07. The second kappa shape index (κ2) is 5.17. The van der Waals surface area contributed by atoms with Gasteiger partial charge in [-0.05, 0) is 11.6 Å². The Bertz CT molecular complexity index is 299. The van der Waals surface area contributed by atoms with Crippen LogP contribution in [0.1, 0.15) is 19.4 Å². The van der Waals surface area contributed by atoms with Crippen molar-refractivity contribution in [3.05, 3.63) is 22.8 Å². The number of rotatable bonds is 4. The molecule has 2 N–H and O–H groups in total.